The molecule has 0 spiro atoms. The van der Waals surface area contributed by atoms with Crippen LogP contribution >= 0.6 is 0 Å². The molecule has 13 heteroatoms. The van der Waals surface area contributed by atoms with Crippen LogP contribution in [0.5, 0.6) is 17.2 Å². The van der Waals surface area contributed by atoms with Crippen molar-refractivity contribution in [1.82, 2.24) is 10.7 Å². The van der Waals surface area contributed by atoms with Crippen LogP contribution in [0.25, 0.3) is 6.08 Å². The van der Waals surface area contributed by atoms with E-state index in [1.54, 1.807) is 18.4 Å². The predicted octanol–water partition coefficient (Wildman–Crippen LogP) is 4.86. The minimum Gasteiger partial charge on any atom is -0.493 e. The second-order valence-electron chi connectivity index (χ2n) is 16.7. The zero-order valence-electron chi connectivity index (χ0n) is 33.4. The molecule has 8 atom stereocenters. The Labute approximate surface area is 333 Å². The van der Waals surface area contributed by atoms with Crippen molar-refractivity contribution in [3.63, 3.8) is 0 Å². The van der Waals surface area contributed by atoms with Gasteiger partial charge in [0, 0.05) is 35.1 Å². The molecule has 4 fully saturated rings. The van der Waals surface area contributed by atoms with E-state index in [1.165, 1.54) is 33.5 Å². The van der Waals surface area contributed by atoms with E-state index in [0.29, 0.717) is 56.3 Å². The fourth-order valence-corrected chi connectivity index (χ4v) is 11.2. The van der Waals surface area contributed by atoms with E-state index in [0.717, 1.165) is 24.0 Å². The van der Waals surface area contributed by atoms with Crippen LogP contribution in [-0.2, 0) is 20.7 Å². The first-order chi connectivity index (χ1) is 27.2. The van der Waals surface area contributed by atoms with E-state index >= 15 is 0 Å². The van der Waals surface area contributed by atoms with Gasteiger partial charge in [0.2, 0.25) is 5.75 Å². The highest BCUT2D eigenvalue weighted by Crippen LogP contribution is 2.70. The van der Waals surface area contributed by atoms with Gasteiger partial charge in [-0.25, -0.2) is 10.2 Å². The monoisotopic (exact) mass is 785 g/mol. The van der Waals surface area contributed by atoms with Crippen LogP contribution in [0.4, 0.5) is 0 Å². The quantitative estimate of drug-likeness (QED) is 0.0913. The lowest BCUT2D eigenvalue weighted by atomic mass is 9.41. The summed E-state index contributed by atoms with van der Waals surface area (Å²) in [6.07, 6.45) is 9.50. The van der Waals surface area contributed by atoms with Gasteiger partial charge < -0.3 is 39.6 Å². The molecule has 2 amide bonds. The summed E-state index contributed by atoms with van der Waals surface area (Å²) in [5.74, 6) is -1.15. The number of hydrogen-bond acceptors (Lipinski definition) is 11. The summed E-state index contributed by atoms with van der Waals surface area (Å²) in [5.41, 5.74) is 1.62. The minimum atomic E-state index is -1.32. The Morgan fingerprint density at radius 1 is 0.947 bits per heavy atom. The van der Waals surface area contributed by atoms with Crippen molar-refractivity contribution in [3.05, 3.63) is 70.4 Å². The third kappa shape index (κ3) is 6.91. The summed E-state index contributed by atoms with van der Waals surface area (Å²) in [6.45, 7) is 4.43. The van der Waals surface area contributed by atoms with Crippen molar-refractivity contribution in [2.75, 3.05) is 27.9 Å². The highest BCUT2D eigenvalue weighted by Gasteiger charge is 2.71. The van der Waals surface area contributed by atoms with Crippen molar-refractivity contribution in [3.8, 4) is 17.2 Å². The molecule has 0 radical (unpaired) electrons. The SMILES string of the molecule is CCc1ccc(C=C(NC(=O)c2cc(OC)c(OC)c(OC)c2)C(=O)NN=CC23CC[C@@H](O)CC2(O)CC[C@@H]2[C@@H]3CCC3(C)C(C4=CC(=O)OC4)CCC23O)cc1. The normalized spacial score (nSPS) is 33.4. The molecule has 4 aliphatic carbocycles. The highest BCUT2D eigenvalue weighted by atomic mass is 16.5. The first-order valence-corrected chi connectivity index (χ1v) is 20.0. The Balaban J connectivity index is 1.19. The standard InChI is InChI=1S/C44H55N3O10/c1-6-26-7-9-27(10-8-26)19-34(46-39(50)28-20-35(54-3)38(56-5)36(21-28)55-4)40(51)47-45-25-42-16-11-30(48)23-43(42,52)17-13-33-32(42)12-15-41(2)31(14-18-44(33,41)53)29-22-37(49)57-24-29/h7-10,19-22,25,30-33,48,52-53H,6,11-18,23-24H2,1-5H3,(H,46,50)(H,47,51)/t30-,31?,32+,33-,41?,42?,43?,44?/m1/s1. The number of ether oxygens (including phenoxy) is 4. The van der Waals surface area contributed by atoms with E-state index in [4.69, 9.17) is 18.9 Å². The van der Waals surface area contributed by atoms with Gasteiger partial charge in [-0.1, -0.05) is 38.1 Å². The average Bonchev–Trinajstić information content (AvgIpc) is 3.75. The maximum atomic E-state index is 14.1. The zero-order valence-corrected chi connectivity index (χ0v) is 33.4. The second-order valence-corrected chi connectivity index (χ2v) is 16.7. The van der Waals surface area contributed by atoms with Crippen LogP contribution in [0.3, 0.4) is 0 Å². The second kappa shape index (κ2) is 15.6. The number of fused-ring (bicyclic) bond motifs is 5. The highest BCUT2D eigenvalue weighted by molar-refractivity contribution is 6.05. The molecule has 2 aromatic rings. The molecule has 2 aromatic carbocycles. The molecule has 57 heavy (non-hydrogen) atoms. The van der Waals surface area contributed by atoms with Crippen LogP contribution in [0.15, 0.2) is 58.8 Å². The van der Waals surface area contributed by atoms with Gasteiger partial charge in [0.1, 0.15) is 12.3 Å². The minimum absolute atomic E-state index is 0.00600. The molecule has 1 heterocycles. The Hall–Kier alpha value is -4.72. The van der Waals surface area contributed by atoms with Crippen molar-refractivity contribution in [2.45, 2.75) is 95.4 Å². The molecule has 5 N–H and O–H groups in total. The van der Waals surface area contributed by atoms with E-state index in [9.17, 15) is 29.7 Å². The predicted molar refractivity (Wildman–Crippen MR) is 212 cm³/mol. The number of hydrazone groups is 1. The largest absolute Gasteiger partial charge is 0.493 e. The fraction of sp³-hybridized carbons (Fsp3) is 0.545. The molecule has 5 aliphatic rings. The van der Waals surface area contributed by atoms with Gasteiger partial charge in [-0.05, 0) is 110 Å². The average molecular weight is 786 g/mol. The number of benzene rings is 2. The van der Waals surface area contributed by atoms with Gasteiger partial charge in [-0.15, -0.1) is 0 Å². The summed E-state index contributed by atoms with van der Waals surface area (Å²) < 4.78 is 21.6. The van der Waals surface area contributed by atoms with Gasteiger partial charge in [-0.2, -0.15) is 5.10 Å². The van der Waals surface area contributed by atoms with Crippen LogP contribution in [0.1, 0.15) is 93.1 Å². The van der Waals surface area contributed by atoms with Gasteiger partial charge in [0.25, 0.3) is 11.8 Å². The molecule has 7 rings (SSSR count). The molecule has 13 nitrogen and oxygen atoms in total. The van der Waals surface area contributed by atoms with E-state index in [-0.39, 0.29) is 59.5 Å². The number of methoxy groups -OCH3 is 3. The third-order valence-corrected chi connectivity index (χ3v) is 14.2. The Kier molecular flexibility index (Phi) is 11.0. The first-order valence-electron chi connectivity index (χ1n) is 20.0. The number of carbonyl (C=O) groups is 3. The summed E-state index contributed by atoms with van der Waals surface area (Å²) in [6, 6.07) is 10.6. The maximum absolute atomic E-state index is 14.1. The molecule has 0 bridgehead atoms. The molecule has 5 unspecified atom stereocenters. The number of nitrogens with zero attached hydrogens (tertiary/aromatic N) is 1. The van der Waals surface area contributed by atoms with E-state index in [1.807, 2.05) is 31.2 Å². The van der Waals surface area contributed by atoms with Gasteiger partial charge in [0.05, 0.1) is 38.6 Å². The molecule has 0 aromatic heterocycles. The van der Waals surface area contributed by atoms with E-state index in [2.05, 4.69) is 22.8 Å². The smallest absolute Gasteiger partial charge is 0.331 e. The number of hydrogen-bond donors (Lipinski definition) is 5. The first kappa shape index (κ1) is 40.5. The van der Waals surface area contributed by atoms with Gasteiger partial charge in [0.15, 0.2) is 11.5 Å². The lowest BCUT2D eigenvalue weighted by Gasteiger charge is -2.65. The van der Waals surface area contributed by atoms with Crippen LogP contribution in [-0.4, -0.2) is 84.6 Å². The van der Waals surface area contributed by atoms with Crippen LogP contribution in [0.2, 0.25) is 0 Å². The van der Waals surface area contributed by atoms with E-state index < -0.39 is 40.0 Å². The summed E-state index contributed by atoms with van der Waals surface area (Å²) in [7, 11) is 4.36. The third-order valence-electron chi connectivity index (χ3n) is 14.2. The van der Waals surface area contributed by atoms with Crippen molar-refractivity contribution in [1.29, 1.82) is 0 Å². The molecule has 4 saturated carbocycles. The Bertz CT molecular complexity index is 1970. The number of aliphatic hydroxyl groups is 3. The molecule has 0 saturated heterocycles. The topological polar surface area (TPSA) is 185 Å². The van der Waals surface area contributed by atoms with Crippen molar-refractivity contribution < 1.29 is 48.7 Å². The van der Waals surface area contributed by atoms with Crippen molar-refractivity contribution >= 4 is 30.1 Å². The molecule has 306 valence electrons. The molecular weight excluding hydrogens is 730 g/mol. The number of amides is 2. The summed E-state index contributed by atoms with van der Waals surface area (Å²) in [5, 5.41) is 43.4. The fourth-order valence-electron chi connectivity index (χ4n) is 11.2. The number of esters is 1. The number of carbonyl (C=O) groups excluding carboxylic acids is 3. The number of rotatable bonds is 11. The summed E-state index contributed by atoms with van der Waals surface area (Å²) >= 11 is 0. The zero-order chi connectivity index (χ0) is 40.8. The van der Waals surface area contributed by atoms with Crippen molar-refractivity contribution in [2.24, 2.45) is 33.7 Å². The number of aliphatic hydroxyl groups excluding tert-OH is 1. The number of aryl methyl sites for hydroxylation is 1. The number of nitrogens with one attached hydrogen (secondary N) is 2. The number of cyclic esters (lactones) is 1. The molecule has 1 aliphatic heterocycles. The van der Waals surface area contributed by atoms with Crippen LogP contribution in [0, 0.1) is 28.6 Å². The van der Waals surface area contributed by atoms with Gasteiger partial charge in [-0.3, -0.25) is 9.59 Å². The van der Waals surface area contributed by atoms with Gasteiger partial charge >= 0.3 is 5.97 Å². The maximum Gasteiger partial charge on any atom is 0.331 e. The Morgan fingerprint density at radius 3 is 2.28 bits per heavy atom. The lowest BCUT2D eigenvalue weighted by Crippen LogP contribution is -2.68. The lowest BCUT2D eigenvalue weighted by molar-refractivity contribution is -0.237. The van der Waals surface area contributed by atoms with Crippen LogP contribution < -0.4 is 25.0 Å². The summed E-state index contributed by atoms with van der Waals surface area (Å²) in [4.78, 5) is 39.9. The Morgan fingerprint density at radius 2 is 1.65 bits per heavy atom. The molecular formula is C44H55N3O10.